The van der Waals surface area contributed by atoms with Crippen LogP contribution in [0.3, 0.4) is 0 Å². The standard InChI is InChI=1S/C13H19NO5S/c1-13(2,3)19-8-7-18-12(15)10-5-4-6-11(9-10)20(14,16)17/h4-6,9H,7-8H2,1-3H3,(H2,14,16,17). The molecule has 7 heteroatoms. The number of hydrogen-bond donors (Lipinski definition) is 1. The van der Waals surface area contributed by atoms with Gasteiger partial charge in [0.1, 0.15) is 6.61 Å². The van der Waals surface area contributed by atoms with Crippen LogP contribution in [-0.2, 0) is 19.5 Å². The fourth-order valence-electron chi connectivity index (χ4n) is 1.37. The van der Waals surface area contributed by atoms with Crippen molar-refractivity contribution in [2.75, 3.05) is 13.2 Å². The van der Waals surface area contributed by atoms with Crippen LogP contribution in [0.1, 0.15) is 31.1 Å². The third kappa shape index (κ3) is 5.68. The van der Waals surface area contributed by atoms with Crippen molar-refractivity contribution in [3.8, 4) is 0 Å². The van der Waals surface area contributed by atoms with E-state index in [-0.39, 0.29) is 29.3 Å². The van der Waals surface area contributed by atoms with Crippen LogP contribution in [0.2, 0.25) is 0 Å². The predicted molar refractivity (Wildman–Crippen MR) is 73.8 cm³/mol. The molecule has 0 fully saturated rings. The summed E-state index contributed by atoms with van der Waals surface area (Å²) in [5.41, 5.74) is -0.174. The van der Waals surface area contributed by atoms with E-state index in [9.17, 15) is 13.2 Å². The van der Waals surface area contributed by atoms with Gasteiger partial charge in [0.25, 0.3) is 0 Å². The number of primary sulfonamides is 1. The van der Waals surface area contributed by atoms with Crippen LogP contribution < -0.4 is 5.14 Å². The highest BCUT2D eigenvalue weighted by Gasteiger charge is 2.14. The summed E-state index contributed by atoms with van der Waals surface area (Å²) in [6, 6.07) is 5.39. The van der Waals surface area contributed by atoms with E-state index in [4.69, 9.17) is 14.6 Å². The lowest BCUT2D eigenvalue weighted by Crippen LogP contribution is -2.22. The lowest BCUT2D eigenvalue weighted by atomic mass is 10.2. The van der Waals surface area contributed by atoms with Gasteiger partial charge in [0.15, 0.2) is 0 Å². The second kappa shape index (κ2) is 6.34. The molecular weight excluding hydrogens is 282 g/mol. The number of ether oxygens (including phenoxy) is 2. The Labute approximate surface area is 118 Å². The minimum atomic E-state index is -3.84. The molecule has 0 aromatic heterocycles. The molecule has 6 nitrogen and oxygen atoms in total. The van der Waals surface area contributed by atoms with Crippen molar-refractivity contribution in [1.82, 2.24) is 0 Å². The third-order valence-electron chi connectivity index (χ3n) is 2.25. The molecule has 0 heterocycles. The highest BCUT2D eigenvalue weighted by atomic mass is 32.2. The fraction of sp³-hybridized carbons (Fsp3) is 0.462. The Kier molecular flexibility index (Phi) is 5.27. The normalized spacial score (nSPS) is 12.2. The summed E-state index contributed by atoms with van der Waals surface area (Å²) >= 11 is 0. The molecule has 0 unspecified atom stereocenters. The lowest BCUT2D eigenvalue weighted by molar-refractivity contribution is -0.0281. The molecule has 20 heavy (non-hydrogen) atoms. The Bertz CT molecular complexity index is 575. The van der Waals surface area contributed by atoms with Gasteiger partial charge in [-0.2, -0.15) is 0 Å². The van der Waals surface area contributed by atoms with Crippen LogP contribution in [-0.4, -0.2) is 33.2 Å². The Morgan fingerprint density at radius 1 is 1.25 bits per heavy atom. The molecule has 0 aliphatic rings. The topological polar surface area (TPSA) is 95.7 Å². The molecule has 0 radical (unpaired) electrons. The van der Waals surface area contributed by atoms with Gasteiger partial charge in [-0.3, -0.25) is 0 Å². The highest BCUT2D eigenvalue weighted by Crippen LogP contribution is 2.11. The van der Waals surface area contributed by atoms with Gasteiger partial charge in [-0.25, -0.2) is 18.4 Å². The largest absolute Gasteiger partial charge is 0.460 e. The Morgan fingerprint density at radius 3 is 2.45 bits per heavy atom. The molecule has 2 N–H and O–H groups in total. The van der Waals surface area contributed by atoms with Gasteiger partial charge in [-0.05, 0) is 39.0 Å². The summed E-state index contributed by atoms with van der Waals surface area (Å²) in [6.45, 7) is 6.04. The van der Waals surface area contributed by atoms with Gasteiger partial charge >= 0.3 is 5.97 Å². The average molecular weight is 301 g/mol. The zero-order valence-electron chi connectivity index (χ0n) is 11.8. The summed E-state index contributed by atoms with van der Waals surface area (Å²) in [5.74, 6) is -0.618. The van der Waals surface area contributed by atoms with Gasteiger partial charge in [-0.1, -0.05) is 6.07 Å². The highest BCUT2D eigenvalue weighted by molar-refractivity contribution is 7.89. The van der Waals surface area contributed by atoms with E-state index in [1.807, 2.05) is 20.8 Å². The second-order valence-corrected chi connectivity index (χ2v) is 6.73. The third-order valence-corrected chi connectivity index (χ3v) is 3.16. The van der Waals surface area contributed by atoms with E-state index in [1.165, 1.54) is 24.3 Å². The molecule has 0 aliphatic carbocycles. The van der Waals surface area contributed by atoms with Crippen molar-refractivity contribution in [2.45, 2.75) is 31.3 Å². The van der Waals surface area contributed by atoms with E-state index in [1.54, 1.807) is 0 Å². The second-order valence-electron chi connectivity index (χ2n) is 5.17. The minimum Gasteiger partial charge on any atom is -0.460 e. The number of carbonyl (C=O) groups excluding carboxylic acids is 1. The Morgan fingerprint density at radius 2 is 1.90 bits per heavy atom. The maximum atomic E-state index is 11.7. The van der Waals surface area contributed by atoms with Gasteiger partial charge in [0.05, 0.1) is 22.7 Å². The number of nitrogens with two attached hydrogens (primary N) is 1. The van der Waals surface area contributed by atoms with Crippen molar-refractivity contribution < 1.29 is 22.7 Å². The Hall–Kier alpha value is -1.44. The molecule has 0 saturated carbocycles. The summed E-state index contributed by atoms with van der Waals surface area (Å²) < 4.78 is 32.8. The maximum absolute atomic E-state index is 11.7. The molecule has 0 bridgehead atoms. The van der Waals surface area contributed by atoms with Crippen molar-refractivity contribution in [3.63, 3.8) is 0 Å². The SMILES string of the molecule is CC(C)(C)OCCOC(=O)c1cccc(S(N)(=O)=O)c1. The zero-order chi connectivity index (χ0) is 15.4. The average Bonchev–Trinajstić information content (AvgIpc) is 2.32. The van der Waals surface area contributed by atoms with E-state index in [0.29, 0.717) is 0 Å². The van der Waals surface area contributed by atoms with E-state index in [2.05, 4.69) is 0 Å². The van der Waals surface area contributed by atoms with E-state index in [0.717, 1.165) is 0 Å². The number of benzene rings is 1. The predicted octanol–water partition coefficient (Wildman–Crippen LogP) is 1.31. The van der Waals surface area contributed by atoms with E-state index >= 15 is 0 Å². The van der Waals surface area contributed by atoms with Gasteiger partial charge < -0.3 is 9.47 Å². The van der Waals surface area contributed by atoms with Gasteiger partial charge in [0, 0.05) is 0 Å². The molecule has 0 aliphatic heterocycles. The maximum Gasteiger partial charge on any atom is 0.338 e. The molecule has 112 valence electrons. The van der Waals surface area contributed by atoms with Crippen LogP contribution in [0.25, 0.3) is 0 Å². The van der Waals surface area contributed by atoms with Crippen LogP contribution in [0.4, 0.5) is 0 Å². The van der Waals surface area contributed by atoms with Crippen LogP contribution in [0.5, 0.6) is 0 Å². The monoisotopic (exact) mass is 301 g/mol. The quantitative estimate of drug-likeness (QED) is 0.653. The molecule has 1 aromatic carbocycles. The molecular formula is C13H19NO5S. The first-order chi connectivity index (χ1) is 9.09. The minimum absolute atomic E-state index is 0.0930. The van der Waals surface area contributed by atoms with Crippen molar-refractivity contribution in [3.05, 3.63) is 29.8 Å². The first-order valence-electron chi connectivity index (χ1n) is 6.03. The molecule has 0 amide bonds. The summed E-state index contributed by atoms with van der Waals surface area (Å²) in [6.07, 6.45) is 0. The molecule has 0 spiro atoms. The molecule has 1 rings (SSSR count). The molecule has 1 aromatic rings. The van der Waals surface area contributed by atoms with Crippen molar-refractivity contribution in [1.29, 1.82) is 0 Å². The van der Waals surface area contributed by atoms with Crippen LogP contribution in [0, 0.1) is 0 Å². The van der Waals surface area contributed by atoms with Crippen LogP contribution >= 0.6 is 0 Å². The summed E-state index contributed by atoms with van der Waals surface area (Å²) in [4.78, 5) is 11.6. The summed E-state index contributed by atoms with van der Waals surface area (Å²) in [5, 5.41) is 5.00. The smallest absolute Gasteiger partial charge is 0.338 e. The zero-order valence-corrected chi connectivity index (χ0v) is 12.6. The number of rotatable bonds is 5. The van der Waals surface area contributed by atoms with Crippen molar-refractivity contribution in [2.24, 2.45) is 5.14 Å². The Balaban J connectivity index is 2.61. The van der Waals surface area contributed by atoms with Gasteiger partial charge in [-0.15, -0.1) is 0 Å². The van der Waals surface area contributed by atoms with E-state index < -0.39 is 16.0 Å². The molecule has 0 atom stereocenters. The number of esters is 1. The number of carbonyl (C=O) groups is 1. The van der Waals surface area contributed by atoms with Crippen molar-refractivity contribution >= 4 is 16.0 Å². The first-order valence-corrected chi connectivity index (χ1v) is 7.58. The first kappa shape index (κ1) is 16.6. The fourth-order valence-corrected chi connectivity index (χ4v) is 1.93. The summed E-state index contributed by atoms with van der Waals surface area (Å²) in [7, 11) is -3.84. The van der Waals surface area contributed by atoms with Gasteiger partial charge in [0.2, 0.25) is 10.0 Å². The number of hydrogen-bond acceptors (Lipinski definition) is 5. The number of sulfonamides is 1. The molecule has 0 saturated heterocycles. The van der Waals surface area contributed by atoms with Crippen LogP contribution in [0.15, 0.2) is 29.2 Å². The lowest BCUT2D eigenvalue weighted by Gasteiger charge is -2.19.